The lowest BCUT2D eigenvalue weighted by molar-refractivity contribution is 0.0240. The van der Waals surface area contributed by atoms with Gasteiger partial charge in [-0.15, -0.1) is 0 Å². The average Bonchev–Trinajstić information content (AvgIpc) is 2.53. The molecule has 6 nitrogen and oxygen atoms in total. The zero-order valence-electron chi connectivity index (χ0n) is 16.5. The number of hydrogen-bond acceptors (Lipinski definition) is 4. The number of rotatable bonds is 4. The molecule has 1 aliphatic heterocycles. The molecule has 10 heteroatoms. The van der Waals surface area contributed by atoms with Crippen LogP contribution in [0.1, 0.15) is 42.3 Å². The van der Waals surface area contributed by atoms with E-state index in [4.69, 9.17) is 4.74 Å². The number of aromatic carboxylic acids is 1. The minimum Gasteiger partial charge on any atom is -0.478 e. The van der Waals surface area contributed by atoms with E-state index < -0.39 is 31.0 Å². The van der Waals surface area contributed by atoms with Gasteiger partial charge in [-0.3, -0.25) is 0 Å². The van der Waals surface area contributed by atoms with Gasteiger partial charge in [-0.25, -0.2) is 9.59 Å². The van der Waals surface area contributed by atoms with Gasteiger partial charge >= 0.3 is 19.0 Å². The number of benzene rings is 1. The number of hydrogen-bond donors (Lipinski definition) is 1. The first-order chi connectivity index (χ1) is 12.8. The molecule has 0 aromatic heterocycles. The van der Waals surface area contributed by atoms with Gasteiger partial charge in [-0.05, 0) is 45.4 Å². The zero-order chi connectivity index (χ0) is 21.3. The summed E-state index contributed by atoms with van der Waals surface area (Å²) in [5, 5.41) is 9.37. The first-order valence-electron chi connectivity index (χ1n) is 9.07. The minimum atomic E-state index is -5.08. The van der Waals surface area contributed by atoms with E-state index in [1.807, 2.05) is 4.90 Å². The fourth-order valence-electron chi connectivity index (χ4n) is 3.15. The van der Waals surface area contributed by atoms with E-state index in [0.717, 1.165) is 6.07 Å². The van der Waals surface area contributed by atoms with E-state index in [1.165, 1.54) is 11.0 Å². The van der Waals surface area contributed by atoms with Crippen molar-refractivity contribution in [3.63, 3.8) is 0 Å². The summed E-state index contributed by atoms with van der Waals surface area (Å²) in [5.41, 5.74) is 0.0483. The van der Waals surface area contributed by atoms with Crippen molar-refractivity contribution >= 4 is 24.7 Å². The Bertz CT molecular complexity index is 754. The van der Waals surface area contributed by atoms with Crippen LogP contribution in [-0.2, 0) is 11.1 Å². The normalized spacial score (nSPS) is 15.5. The third-order valence-electron chi connectivity index (χ3n) is 4.41. The van der Waals surface area contributed by atoms with Gasteiger partial charge in [0.15, 0.2) is 0 Å². The van der Waals surface area contributed by atoms with Crippen LogP contribution in [0.25, 0.3) is 0 Å². The van der Waals surface area contributed by atoms with Crippen molar-refractivity contribution in [1.29, 1.82) is 0 Å². The van der Waals surface area contributed by atoms with E-state index >= 15 is 0 Å². The number of anilines is 1. The van der Waals surface area contributed by atoms with Crippen LogP contribution in [-0.4, -0.2) is 60.8 Å². The molecule has 0 radical (unpaired) electrons. The Balaban J connectivity index is 2.21. The lowest BCUT2D eigenvalue weighted by Crippen LogP contribution is -2.50. The number of halogens is 3. The molecular formula is C18H25BF3N2O4-. The minimum absolute atomic E-state index is 0.0694. The molecule has 1 amide bonds. The van der Waals surface area contributed by atoms with Gasteiger partial charge in [-0.1, -0.05) is 11.9 Å². The van der Waals surface area contributed by atoms with Crippen LogP contribution < -0.4 is 4.90 Å². The Morgan fingerprint density at radius 3 is 2.18 bits per heavy atom. The highest BCUT2D eigenvalue weighted by Gasteiger charge is 2.29. The standard InChI is InChI=1S/C18H25BF3N2O4/c1-12-14(16(25)26)9-13(11-19(20,21)22)10-15(12)23-5-7-24(8-6-23)17(27)28-18(2,3)4/h9-10H,5-8,11H2,1-4H3,(H,25,26)/q-1. The number of carboxylic acids is 1. The van der Waals surface area contributed by atoms with Gasteiger partial charge in [-0.2, -0.15) is 0 Å². The summed E-state index contributed by atoms with van der Waals surface area (Å²) in [6, 6.07) is 2.49. The summed E-state index contributed by atoms with van der Waals surface area (Å²) in [5.74, 6) is -1.26. The molecule has 2 rings (SSSR count). The number of amides is 1. The molecule has 0 atom stereocenters. The molecule has 1 fully saturated rings. The maximum atomic E-state index is 12.9. The Labute approximate surface area is 162 Å². The van der Waals surface area contributed by atoms with Crippen molar-refractivity contribution in [1.82, 2.24) is 4.90 Å². The monoisotopic (exact) mass is 401 g/mol. The van der Waals surface area contributed by atoms with Gasteiger partial charge in [0, 0.05) is 31.9 Å². The molecule has 0 bridgehead atoms. The molecule has 1 aromatic rings. The fraction of sp³-hybridized carbons (Fsp3) is 0.556. The molecule has 1 heterocycles. The highest BCUT2D eigenvalue weighted by molar-refractivity contribution is 6.57. The first kappa shape index (κ1) is 21.9. The largest absolute Gasteiger partial charge is 0.482 e. The molecule has 0 saturated carbocycles. The third-order valence-corrected chi connectivity index (χ3v) is 4.41. The summed E-state index contributed by atoms with van der Waals surface area (Å²) < 4.78 is 43.9. The zero-order valence-corrected chi connectivity index (χ0v) is 16.5. The van der Waals surface area contributed by atoms with Crippen molar-refractivity contribution < 1.29 is 32.4 Å². The first-order valence-corrected chi connectivity index (χ1v) is 9.07. The third kappa shape index (κ3) is 5.80. The van der Waals surface area contributed by atoms with Crippen molar-refractivity contribution in [3.05, 3.63) is 28.8 Å². The Kier molecular flexibility index (Phi) is 6.20. The number of ether oxygens (including phenoxy) is 1. The summed E-state index contributed by atoms with van der Waals surface area (Å²) in [7, 11) is 0. The van der Waals surface area contributed by atoms with Crippen molar-refractivity contribution in [2.24, 2.45) is 0 Å². The molecule has 0 spiro atoms. The van der Waals surface area contributed by atoms with Gasteiger partial charge in [0.05, 0.1) is 5.56 Å². The van der Waals surface area contributed by atoms with Crippen LogP contribution in [0.2, 0.25) is 0 Å². The number of piperazine rings is 1. The SMILES string of the molecule is Cc1c(C(=O)O)cc(C[B-](F)(F)F)cc1N1CCN(C(=O)OC(C)(C)C)CC1. The number of carbonyl (C=O) groups excluding carboxylic acids is 1. The van der Waals surface area contributed by atoms with Crippen LogP contribution in [0.4, 0.5) is 23.4 Å². The predicted molar refractivity (Wildman–Crippen MR) is 101 cm³/mol. The molecule has 1 aromatic carbocycles. The summed E-state index contributed by atoms with van der Waals surface area (Å²) in [6.45, 7) is 3.24. The summed E-state index contributed by atoms with van der Waals surface area (Å²) >= 11 is 0. The topological polar surface area (TPSA) is 70.1 Å². The molecule has 1 saturated heterocycles. The van der Waals surface area contributed by atoms with Crippen LogP contribution in [0.5, 0.6) is 0 Å². The van der Waals surface area contributed by atoms with Gasteiger partial charge in [0.25, 0.3) is 0 Å². The van der Waals surface area contributed by atoms with E-state index in [2.05, 4.69) is 0 Å². The second-order valence-corrected chi connectivity index (χ2v) is 7.96. The lowest BCUT2D eigenvalue weighted by atomic mass is 9.80. The number of carboxylic acid groups (broad SMARTS) is 1. The Morgan fingerprint density at radius 2 is 1.71 bits per heavy atom. The van der Waals surface area contributed by atoms with Crippen molar-refractivity contribution in [3.8, 4) is 0 Å². The Morgan fingerprint density at radius 1 is 1.14 bits per heavy atom. The van der Waals surface area contributed by atoms with E-state index in [1.54, 1.807) is 27.7 Å². The fourth-order valence-corrected chi connectivity index (χ4v) is 3.15. The molecule has 0 aliphatic carbocycles. The van der Waals surface area contributed by atoms with Crippen LogP contribution in [0.3, 0.4) is 0 Å². The van der Waals surface area contributed by atoms with E-state index in [9.17, 15) is 27.6 Å². The molecular weight excluding hydrogens is 376 g/mol. The highest BCUT2D eigenvalue weighted by atomic mass is 19.4. The highest BCUT2D eigenvalue weighted by Crippen LogP contribution is 2.29. The smallest absolute Gasteiger partial charge is 0.478 e. The average molecular weight is 401 g/mol. The maximum absolute atomic E-state index is 12.9. The van der Waals surface area contributed by atoms with Crippen LogP contribution >= 0.6 is 0 Å². The van der Waals surface area contributed by atoms with E-state index in [0.29, 0.717) is 37.4 Å². The van der Waals surface area contributed by atoms with Crippen LogP contribution in [0, 0.1) is 6.92 Å². The van der Waals surface area contributed by atoms with Crippen molar-refractivity contribution in [2.45, 2.75) is 39.6 Å². The molecule has 156 valence electrons. The maximum Gasteiger partial charge on any atom is 0.482 e. The molecule has 0 unspecified atom stereocenters. The quantitative estimate of drug-likeness (QED) is 0.780. The molecule has 28 heavy (non-hydrogen) atoms. The second-order valence-electron chi connectivity index (χ2n) is 7.96. The molecule has 1 aliphatic rings. The van der Waals surface area contributed by atoms with Gasteiger partial charge < -0.3 is 32.6 Å². The summed E-state index contributed by atoms with van der Waals surface area (Å²) in [4.78, 5) is 27.0. The van der Waals surface area contributed by atoms with Gasteiger partial charge in [0.2, 0.25) is 0 Å². The second kappa shape index (κ2) is 7.93. The summed E-state index contributed by atoms with van der Waals surface area (Å²) in [6.07, 6.45) is -1.57. The Hall–Kier alpha value is -2.39. The number of carbonyl (C=O) groups is 2. The van der Waals surface area contributed by atoms with Crippen LogP contribution in [0.15, 0.2) is 12.1 Å². The number of nitrogens with zero attached hydrogens (tertiary/aromatic N) is 2. The van der Waals surface area contributed by atoms with Gasteiger partial charge in [0.1, 0.15) is 5.60 Å². The predicted octanol–water partition coefficient (Wildman–Crippen LogP) is 3.68. The lowest BCUT2D eigenvalue weighted by Gasteiger charge is -2.37. The van der Waals surface area contributed by atoms with Crippen molar-refractivity contribution in [2.75, 3.05) is 31.1 Å². The van der Waals surface area contributed by atoms with E-state index in [-0.39, 0.29) is 11.1 Å². The molecule has 1 N–H and O–H groups in total.